The summed E-state index contributed by atoms with van der Waals surface area (Å²) in [5.41, 5.74) is 2.45. The average Bonchev–Trinajstić information content (AvgIpc) is 2.18. The Kier molecular flexibility index (Phi) is 5.19. The molecule has 0 aliphatic carbocycles. The number of rotatable bonds is 6. The molecular weight excluding hydrogens is 176 g/mol. The van der Waals surface area contributed by atoms with E-state index in [9.17, 15) is 0 Å². The first-order chi connectivity index (χ1) is 6.83. The fourth-order valence-corrected chi connectivity index (χ4v) is 1.29. The molecule has 0 fully saturated rings. The van der Waals surface area contributed by atoms with Crippen LogP contribution >= 0.6 is 0 Å². The highest BCUT2D eigenvalue weighted by Gasteiger charge is 1.93. The molecule has 0 aliphatic rings. The van der Waals surface area contributed by atoms with Crippen molar-refractivity contribution >= 4 is 0 Å². The zero-order valence-corrected chi connectivity index (χ0v) is 8.92. The largest absolute Gasteiger partial charge is 0.385 e. The third kappa shape index (κ3) is 4.35. The van der Waals surface area contributed by atoms with Gasteiger partial charge in [0.2, 0.25) is 0 Å². The monoisotopic (exact) mass is 194 g/mol. The van der Waals surface area contributed by atoms with Crippen molar-refractivity contribution in [3.8, 4) is 0 Å². The minimum atomic E-state index is 0.819. The summed E-state index contributed by atoms with van der Waals surface area (Å²) in [5.74, 6) is 0. The lowest BCUT2D eigenvalue weighted by Gasteiger charge is -2.04. The lowest BCUT2D eigenvalue weighted by molar-refractivity contribution is 0.194. The van der Waals surface area contributed by atoms with Gasteiger partial charge in [-0.1, -0.05) is 6.07 Å². The van der Waals surface area contributed by atoms with E-state index in [0.717, 1.165) is 26.1 Å². The summed E-state index contributed by atoms with van der Waals surface area (Å²) < 4.78 is 4.96. The second kappa shape index (κ2) is 6.51. The second-order valence-corrected chi connectivity index (χ2v) is 3.39. The molecule has 0 bridgehead atoms. The number of hydrogen-bond acceptors (Lipinski definition) is 3. The highest BCUT2D eigenvalue weighted by atomic mass is 16.5. The molecule has 0 aromatic carbocycles. The summed E-state index contributed by atoms with van der Waals surface area (Å²) in [6.45, 7) is 4.75. The number of nitrogens with zero attached hydrogens (tertiary/aromatic N) is 1. The van der Waals surface area contributed by atoms with Gasteiger partial charge in [-0.3, -0.25) is 4.98 Å². The first-order valence-corrected chi connectivity index (χ1v) is 4.93. The van der Waals surface area contributed by atoms with Crippen molar-refractivity contribution in [2.45, 2.75) is 19.9 Å². The summed E-state index contributed by atoms with van der Waals surface area (Å²) in [5, 5.41) is 3.34. The Bertz CT molecular complexity index is 263. The first-order valence-electron chi connectivity index (χ1n) is 4.93. The van der Waals surface area contributed by atoms with E-state index in [0.29, 0.717) is 0 Å². The van der Waals surface area contributed by atoms with Crippen molar-refractivity contribution in [3.05, 3.63) is 29.6 Å². The van der Waals surface area contributed by atoms with Crippen molar-refractivity contribution in [2.24, 2.45) is 0 Å². The number of methoxy groups -OCH3 is 1. The summed E-state index contributed by atoms with van der Waals surface area (Å²) in [7, 11) is 1.73. The standard InChI is InChI=1S/C11H18N2O/c1-10-6-11(9-13-7-10)8-12-4-3-5-14-2/h6-7,9,12H,3-5,8H2,1-2H3. The van der Waals surface area contributed by atoms with Crippen molar-refractivity contribution in [1.82, 2.24) is 10.3 Å². The van der Waals surface area contributed by atoms with E-state index in [1.54, 1.807) is 7.11 Å². The Morgan fingerprint density at radius 3 is 3.00 bits per heavy atom. The van der Waals surface area contributed by atoms with Gasteiger partial charge in [-0.15, -0.1) is 0 Å². The third-order valence-electron chi connectivity index (χ3n) is 1.96. The Balaban J connectivity index is 2.18. The topological polar surface area (TPSA) is 34.1 Å². The van der Waals surface area contributed by atoms with Crippen LogP contribution in [-0.2, 0) is 11.3 Å². The molecule has 0 spiro atoms. The van der Waals surface area contributed by atoms with E-state index in [1.807, 2.05) is 12.4 Å². The molecule has 0 saturated carbocycles. The molecule has 0 aliphatic heterocycles. The van der Waals surface area contributed by atoms with E-state index in [4.69, 9.17) is 4.74 Å². The second-order valence-electron chi connectivity index (χ2n) is 3.39. The SMILES string of the molecule is COCCCNCc1cncc(C)c1. The molecular formula is C11H18N2O. The first kappa shape index (κ1) is 11.1. The molecule has 1 aromatic rings. The molecule has 3 nitrogen and oxygen atoms in total. The van der Waals surface area contributed by atoms with Crippen LogP contribution in [0.1, 0.15) is 17.5 Å². The molecule has 3 heteroatoms. The van der Waals surface area contributed by atoms with Crippen LogP contribution in [0.5, 0.6) is 0 Å². The summed E-state index contributed by atoms with van der Waals surface area (Å²) >= 11 is 0. The van der Waals surface area contributed by atoms with Gasteiger partial charge < -0.3 is 10.1 Å². The normalized spacial score (nSPS) is 10.4. The Labute approximate surface area is 85.5 Å². The molecule has 1 aromatic heterocycles. The van der Waals surface area contributed by atoms with Gasteiger partial charge in [0.05, 0.1) is 0 Å². The van der Waals surface area contributed by atoms with Gasteiger partial charge in [-0.2, -0.15) is 0 Å². The highest BCUT2D eigenvalue weighted by Crippen LogP contribution is 2.00. The average molecular weight is 194 g/mol. The summed E-state index contributed by atoms with van der Waals surface area (Å²) in [4.78, 5) is 4.13. The van der Waals surface area contributed by atoms with Gasteiger partial charge >= 0.3 is 0 Å². The minimum Gasteiger partial charge on any atom is -0.385 e. The van der Waals surface area contributed by atoms with E-state index >= 15 is 0 Å². The molecule has 0 amide bonds. The van der Waals surface area contributed by atoms with Crippen molar-refractivity contribution in [2.75, 3.05) is 20.3 Å². The van der Waals surface area contributed by atoms with Gasteiger partial charge in [0.15, 0.2) is 0 Å². The van der Waals surface area contributed by atoms with Gasteiger partial charge in [-0.25, -0.2) is 0 Å². The molecule has 0 saturated heterocycles. The maximum absolute atomic E-state index is 4.96. The number of pyridine rings is 1. The molecule has 1 rings (SSSR count). The van der Waals surface area contributed by atoms with Crippen molar-refractivity contribution in [1.29, 1.82) is 0 Å². The maximum atomic E-state index is 4.96. The lowest BCUT2D eigenvalue weighted by Crippen LogP contribution is -2.16. The van der Waals surface area contributed by atoms with Crippen molar-refractivity contribution < 1.29 is 4.74 Å². The molecule has 14 heavy (non-hydrogen) atoms. The number of nitrogens with one attached hydrogen (secondary N) is 1. The van der Waals surface area contributed by atoms with E-state index in [1.165, 1.54) is 11.1 Å². The van der Waals surface area contributed by atoms with Gasteiger partial charge in [0.25, 0.3) is 0 Å². The van der Waals surface area contributed by atoms with Gasteiger partial charge in [-0.05, 0) is 31.0 Å². The molecule has 78 valence electrons. The molecule has 1 N–H and O–H groups in total. The highest BCUT2D eigenvalue weighted by molar-refractivity contribution is 5.16. The zero-order valence-electron chi connectivity index (χ0n) is 8.92. The van der Waals surface area contributed by atoms with Crippen LogP contribution in [0.25, 0.3) is 0 Å². The number of hydrogen-bond donors (Lipinski definition) is 1. The maximum Gasteiger partial charge on any atom is 0.0474 e. The van der Waals surface area contributed by atoms with Crippen LogP contribution in [0.3, 0.4) is 0 Å². The molecule has 0 unspecified atom stereocenters. The van der Waals surface area contributed by atoms with E-state index in [2.05, 4.69) is 23.3 Å². The minimum absolute atomic E-state index is 0.819. The third-order valence-corrected chi connectivity index (χ3v) is 1.96. The van der Waals surface area contributed by atoms with Crippen LogP contribution in [0, 0.1) is 6.92 Å². The van der Waals surface area contributed by atoms with Crippen molar-refractivity contribution in [3.63, 3.8) is 0 Å². The van der Waals surface area contributed by atoms with Gasteiger partial charge in [0.1, 0.15) is 0 Å². The van der Waals surface area contributed by atoms with Crippen LogP contribution in [-0.4, -0.2) is 25.2 Å². The van der Waals surface area contributed by atoms with E-state index < -0.39 is 0 Å². The molecule has 0 radical (unpaired) electrons. The smallest absolute Gasteiger partial charge is 0.0474 e. The fraction of sp³-hybridized carbons (Fsp3) is 0.545. The van der Waals surface area contributed by atoms with Gasteiger partial charge in [0, 0.05) is 32.7 Å². The van der Waals surface area contributed by atoms with Crippen LogP contribution < -0.4 is 5.32 Å². The van der Waals surface area contributed by atoms with Crippen LogP contribution in [0.4, 0.5) is 0 Å². The predicted octanol–water partition coefficient (Wildman–Crippen LogP) is 1.52. The van der Waals surface area contributed by atoms with E-state index in [-0.39, 0.29) is 0 Å². The number of aryl methyl sites for hydroxylation is 1. The molecule has 1 heterocycles. The lowest BCUT2D eigenvalue weighted by atomic mass is 10.2. The predicted molar refractivity (Wildman–Crippen MR) is 57.2 cm³/mol. The number of ether oxygens (including phenoxy) is 1. The summed E-state index contributed by atoms with van der Waals surface area (Å²) in [6, 6.07) is 2.15. The number of aromatic nitrogens is 1. The zero-order chi connectivity index (χ0) is 10.2. The van der Waals surface area contributed by atoms with Crippen LogP contribution in [0.2, 0.25) is 0 Å². The fourth-order valence-electron chi connectivity index (χ4n) is 1.29. The Morgan fingerprint density at radius 1 is 1.43 bits per heavy atom. The Hall–Kier alpha value is -0.930. The molecule has 0 atom stereocenters. The van der Waals surface area contributed by atoms with Crippen LogP contribution in [0.15, 0.2) is 18.5 Å². The quantitative estimate of drug-likeness (QED) is 0.697. The Morgan fingerprint density at radius 2 is 2.29 bits per heavy atom. The summed E-state index contributed by atoms with van der Waals surface area (Å²) in [6.07, 6.45) is 4.82.